The number of hydrogen-bond donors (Lipinski definition) is 2. The molecule has 2 aromatic rings. The summed E-state index contributed by atoms with van der Waals surface area (Å²) in [6.07, 6.45) is 1.89. The Kier molecular flexibility index (Phi) is 5.49. The van der Waals surface area contributed by atoms with Gasteiger partial charge in [-0.15, -0.1) is 0 Å². The molecule has 2 N–H and O–H groups in total. The molecule has 124 valence electrons. The summed E-state index contributed by atoms with van der Waals surface area (Å²) >= 11 is 0. The number of hydrogen-bond acceptors (Lipinski definition) is 2. The fourth-order valence-corrected chi connectivity index (χ4v) is 5.06. The molecule has 0 aliphatic carbocycles. The Balaban J connectivity index is 2.52. The quantitative estimate of drug-likeness (QED) is 0.758. The molecule has 0 saturated heterocycles. The van der Waals surface area contributed by atoms with Gasteiger partial charge in [-0.2, -0.15) is 0 Å². The van der Waals surface area contributed by atoms with Gasteiger partial charge in [-0.05, 0) is 43.6 Å². The van der Waals surface area contributed by atoms with Crippen LogP contribution < -0.4 is 5.30 Å². The summed E-state index contributed by atoms with van der Waals surface area (Å²) in [5.74, 6) is 0.365. The predicted molar refractivity (Wildman–Crippen MR) is 100 cm³/mol. The van der Waals surface area contributed by atoms with Crippen LogP contribution in [-0.4, -0.2) is 10.2 Å². The van der Waals surface area contributed by atoms with E-state index in [0.29, 0.717) is 14.3 Å². The van der Waals surface area contributed by atoms with E-state index in [9.17, 15) is 10.2 Å². The smallest absolute Gasteiger partial charge is 0.119 e. The third-order valence-electron chi connectivity index (χ3n) is 4.59. The fourth-order valence-electron chi connectivity index (χ4n) is 3.14. The van der Waals surface area contributed by atoms with Gasteiger partial charge in [-0.3, -0.25) is 0 Å². The van der Waals surface area contributed by atoms with Crippen molar-refractivity contribution in [2.75, 3.05) is 0 Å². The van der Waals surface area contributed by atoms with Crippen molar-refractivity contribution in [1.29, 1.82) is 0 Å². The Morgan fingerprint density at radius 3 is 1.91 bits per heavy atom. The van der Waals surface area contributed by atoms with E-state index in [1.807, 2.05) is 50.2 Å². The summed E-state index contributed by atoms with van der Waals surface area (Å²) < 4.78 is 0. The Morgan fingerprint density at radius 1 is 0.870 bits per heavy atom. The SMILES string of the molecule is CCC(CC)(Pc1ccccc1C(C)(C)O)c1ccccc1O. The monoisotopic (exact) mass is 330 g/mol. The topological polar surface area (TPSA) is 40.5 Å². The maximum absolute atomic E-state index is 10.5. The maximum Gasteiger partial charge on any atom is 0.119 e. The van der Waals surface area contributed by atoms with Gasteiger partial charge >= 0.3 is 0 Å². The standard InChI is InChI=1S/C20H27O2P/c1-5-20(6-2,15-11-7-9-13-17(15)21)23-18-14-10-8-12-16(18)19(3,4)22/h7-14,21-23H,5-6H2,1-4H3. The van der Waals surface area contributed by atoms with Crippen molar-refractivity contribution in [1.82, 2.24) is 0 Å². The third kappa shape index (κ3) is 3.76. The average Bonchev–Trinajstić information content (AvgIpc) is 2.53. The minimum absolute atomic E-state index is 0.104. The second-order valence-corrected chi connectivity index (χ2v) is 8.28. The summed E-state index contributed by atoms with van der Waals surface area (Å²) in [6.45, 7) is 8.01. The first-order valence-electron chi connectivity index (χ1n) is 8.22. The van der Waals surface area contributed by atoms with Crippen LogP contribution in [-0.2, 0) is 10.8 Å². The lowest BCUT2D eigenvalue weighted by Gasteiger charge is -2.35. The molecule has 1 atom stereocenters. The number of para-hydroxylation sites is 1. The second kappa shape index (κ2) is 7.03. The van der Waals surface area contributed by atoms with Gasteiger partial charge < -0.3 is 10.2 Å². The molecule has 0 heterocycles. The van der Waals surface area contributed by atoms with E-state index in [4.69, 9.17) is 0 Å². The molecular weight excluding hydrogens is 303 g/mol. The molecule has 2 aromatic carbocycles. The summed E-state index contributed by atoms with van der Waals surface area (Å²) in [5.41, 5.74) is 1.11. The van der Waals surface area contributed by atoms with Crippen molar-refractivity contribution >= 4 is 13.9 Å². The van der Waals surface area contributed by atoms with Crippen LogP contribution >= 0.6 is 8.58 Å². The molecule has 0 fully saturated rings. The van der Waals surface area contributed by atoms with Crippen molar-refractivity contribution < 1.29 is 10.2 Å². The van der Waals surface area contributed by atoms with Gasteiger partial charge in [0.05, 0.1) is 5.60 Å². The van der Waals surface area contributed by atoms with Gasteiger partial charge in [-0.25, -0.2) is 0 Å². The summed E-state index contributed by atoms with van der Waals surface area (Å²) in [5, 5.41) is 21.9. The predicted octanol–water partition coefficient (Wildman–Crippen LogP) is 4.64. The van der Waals surface area contributed by atoms with Gasteiger partial charge in [0.1, 0.15) is 5.75 Å². The number of aliphatic hydroxyl groups is 1. The first-order chi connectivity index (χ1) is 10.8. The maximum atomic E-state index is 10.5. The van der Waals surface area contributed by atoms with Crippen LogP contribution in [0.15, 0.2) is 48.5 Å². The van der Waals surface area contributed by atoms with Crippen LogP contribution in [0.4, 0.5) is 0 Å². The highest BCUT2D eigenvalue weighted by Crippen LogP contribution is 2.50. The molecule has 0 aliphatic heterocycles. The molecular formula is C20H27O2P. The van der Waals surface area contributed by atoms with Crippen LogP contribution in [0.2, 0.25) is 0 Å². The van der Waals surface area contributed by atoms with Crippen molar-refractivity contribution in [2.24, 2.45) is 0 Å². The Hall–Kier alpha value is -1.37. The minimum Gasteiger partial charge on any atom is -0.508 e. The molecule has 0 aliphatic rings. The second-order valence-electron chi connectivity index (χ2n) is 6.54. The zero-order valence-electron chi connectivity index (χ0n) is 14.4. The zero-order valence-corrected chi connectivity index (χ0v) is 15.4. The molecule has 2 nitrogen and oxygen atoms in total. The Labute approximate surface area is 141 Å². The Bertz CT molecular complexity index is 655. The molecule has 0 saturated carbocycles. The van der Waals surface area contributed by atoms with E-state index in [1.165, 1.54) is 5.30 Å². The normalized spacial score (nSPS) is 12.9. The highest BCUT2D eigenvalue weighted by Gasteiger charge is 2.33. The van der Waals surface area contributed by atoms with Crippen molar-refractivity contribution in [3.63, 3.8) is 0 Å². The van der Waals surface area contributed by atoms with Crippen LogP contribution in [0.3, 0.4) is 0 Å². The Morgan fingerprint density at radius 2 is 1.39 bits per heavy atom. The van der Waals surface area contributed by atoms with Crippen molar-refractivity contribution in [2.45, 2.75) is 51.3 Å². The number of phenolic OH excluding ortho intramolecular Hbond substituents is 1. The van der Waals surface area contributed by atoms with Crippen molar-refractivity contribution in [3.8, 4) is 5.75 Å². The molecule has 0 aromatic heterocycles. The molecule has 0 bridgehead atoms. The number of phenols is 1. The first-order valence-corrected chi connectivity index (χ1v) is 9.22. The van der Waals surface area contributed by atoms with Crippen molar-refractivity contribution in [3.05, 3.63) is 59.7 Å². The van der Waals surface area contributed by atoms with Gasteiger partial charge in [0, 0.05) is 10.7 Å². The van der Waals surface area contributed by atoms with E-state index in [-0.39, 0.29) is 5.16 Å². The van der Waals surface area contributed by atoms with Crippen LogP contribution in [0.5, 0.6) is 5.75 Å². The van der Waals surface area contributed by atoms with Gasteiger partial charge in [0.25, 0.3) is 0 Å². The fraction of sp³-hybridized carbons (Fsp3) is 0.400. The van der Waals surface area contributed by atoms with E-state index in [2.05, 4.69) is 19.9 Å². The van der Waals surface area contributed by atoms with E-state index in [0.717, 1.165) is 24.0 Å². The average molecular weight is 330 g/mol. The molecule has 1 unspecified atom stereocenters. The molecule has 0 amide bonds. The van der Waals surface area contributed by atoms with E-state index >= 15 is 0 Å². The summed E-state index contributed by atoms with van der Waals surface area (Å²) in [7, 11) is 0.492. The number of rotatable bonds is 6. The van der Waals surface area contributed by atoms with E-state index < -0.39 is 5.60 Å². The first kappa shape index (κ1) is 18.0. The summed E-state index contributed by atoms with van der Waals surface area (Å²) in [4.78, 5) is 0. The van der Waals surface area contributed by atoms with Crippen LogP contribution in [0.25, 0.3) is 0 Å². The number of benzene rings is 2. The van der Waals surface area contributed by atoms with E-state index in [1.54, 1.807) is 6.07 Å². The lowest BCUT2D eigenvalue weighted by Crippen LogP contribution is -2.27. The molecule has 3 heteroatoms. The highest BCUT2D eigenvalue weighted by atomic mass is 31.1. The van der Waals surface area contributed by atoms with Gasteiger partial charge in [0.2, 0.25) is 0 Å². The molecule has 0 spiro atoms. The minimum atomic E-state index is -0.866. The van der Waals surface area contributed by atoms with Gasteiger partial charge in [0.15, 0.2) is 0 Å². The lowest BCUT2D eigenvalue weighted by molar-refractivity contribution is 0.0797. The molecule has 23 heavy (non-hydrogen) atoms. The summed E-state index contributed by atoms with van der Waals surface area (Å²) in [6, 6.07) is 15.8. The van der Waals surface area contributed by atoms with Crippen LogP contribution in [0, 0.1) is 0 Å². The largest absolute Gasteiger partial charge is 0.508 e. The lowest BCUT2D eigenvalue weighted by atomic mass is 9.92. The van der Waals surface area contributed by atoms with Crippen LogP contribution in [0.1, 0.15) is 51.7 Å². The number of aromatic hydroxyl groups is 1. The van der Waals surface area contributed by atoms with Gasteiger partial charge in [-0.1, -0.05) is 64.9 Å². The molecule has 0 radical (unpaired) electrons. The highest BCUT2D eigenvalue weighted by molar-refractivity contribution is 7.48. The molecule has 2 rings (SSSR count). The zero-order chi connectivity index (χ0) is 17.1. The third-order valence-corrected chi connectivity index (χ3v) is 6.75.